The van der Waals surface area contributed by atoms with Gasteiger partial charge in [-0.1, -0.05) is 13.8 Å². The van der Waals surface area contributed by atoms with Crippen LogP contribution in [0.25, 0.3) is 65.9 Å². The Morgan fingerprint density at radius 3 is 2.16 bits per heavy atom. The van der Waals surface area contributed by atoms with Crippen molar-refractivity contribution in [1.82, 2.24) is 24.9 Å². The lowest BCUT2D eigenvalue weighted by atomic mass is 10.0. The fourth-order valence-corrected chi connectivity index (χ4v) is 6.97. The summed E-state index contributed by atoms with van der Waals surface area (Å²) in [6.45, 7) is 10.5. The number of aromatic carboxylic acids is 1. The van der Waals surface area contributed by atoms with E-state index in [1.807, 2.05) is 25.1 Å². The van der Waals surface area contributed by atoms with E-state index in [4.69, 9.17) is 9.97 Å². The number of carboxylic acids is 2. The van der Waals surface area contributed by atoms with Gasteiger partial charge in [-0.25, -0.2) is 19.7 Å². The van der Waals surface area contributed by atoms with Crippen molar-refractivity contribution in [2.24, 2.45) is 0 Å². The van der Waals surface area contributed by atoms with Crippen molar-refractivity contribution in [3.8, 4) is 0 Å². The summed E-state index contributed by atoms with van der Waals surface area (Å²) in [5, 5.41) is 21.7. The van der Waals surface area contributed by atoms with E-state index < -0.39 is 11.9 Å². The third-order valence-corrected chi connectivity index (χ3v) is 9.33. The number of rotatable bonds is 6. The Labute approximate surface area is 258 Å². The quantitative estimate of drug-likeness (QED) is 0.152. The van der Waals surface area contributed by atoms with Crippen LogP contribution in [0.4, 0.5) is 0 Å². The highest BCUT2D eigenvalue weighted by Crippen LogP contribution is 2.39. The first kappa shape index (κ1) is 28.5. The summed E-state index contributed by atoms with van der Waals surface area (Å²) in [7, 11) is 0. The summed E-state index contributed by atoms with van der Waals surface area (Å²) in [4.78, 5) is 45.7. The smallest absolute Gasteiger partial charge is 0.354 e. The molecule has 0 radical (unpaired) electrons. The number of carbonyl (C=O) groups is 2. The van der Waals surface area contributed by atoms with Gasteiger partial charge < -0.3 is 20.2 Å². The monoisotopic (exact) mass is 599 g/mol. The number of allylic oxidation sites excluding steroid dienone is 2. The van der Waals surface area contributed by atoms with Crippen molar-refractivity contribution in [2.45, 2.75) is 60.3 Å². The van der Waals surface area contributed by atoms with E-state index in [0.29, 0.717) is 28.4 Å². The van der Waals surface area contributed by atoms with Crippen LogP contribution >= 0.6 is 0 Å². The topological polar surface area (TPSA) is 145 Å². The lowest BCUT2D eigenvalue weighted by Gasteiger charge is -2.04. The Morgan fingerprint density at radius 1 is 0.756 bits per heavy atom. The van der Waals surface area contributed by atoms with Gasteiger partial charge in [0.15, 0.2) is 0 Å². The second-order valence-corrected chi connectivity index (χ2v) is 11.8. The molecule has 0 amide bonds. The summed E-state index contributed by atoms with van der Waals surface area (Å²) >= 11 is 0. The van der Waals surface area contributed by atoms with Gasteiger partial charge in [0.1, 0.15) is 5.69 Å². The molecule has 1 aliphatic rings. The van der Waals surface area contributed by atoms with Crippen LogP contribution in [0.3, 0.4) is 0 Å². The Bertz CT molecular complexity index is 2390. The lowest BCUT2D eigenvalue weighted by Crippen LogP contribution is -2.00. The second-order valence-electron chi connectivity index (χ2n) is 11.8. The molecular formula is C36H33N5O4. The first-order valence-corrected chi connectivity index (χ1v) is 15.2. The predicted octanol–water partition coefficient (Wildman–Crippen LogP) is 7.97. The van der Waals surface area contributed by atoms with Crippen LogP contribution in [-0.2, 0) is 17.6 Å². The summed E-state index contributed by atoms with van der Waals surface area (Å²) in [5.74, 6) is -1.99. The summed E-state index contributed by atoms with van der Waals surface area (Å²) in [5.41, 5.74) is 13.6. The normalized spacial score (nSPS) is 12.7. The molecule has 0 aliphatic carbocycles. The molecule has 45 heavy (non-hydrogen) atoms. The van der Waals surface area contributed by atoms with Crippen LogP contribution in [0, 0.1) is 13.8 Å². The minimum absolute atomic E-state index is 0.0246. The summed E-state index contributed by atoms with van der Waals surface area (Å²) < 4.78 is 0. The number of nitrogens with one attached hydrogen (secondary N) is 2. The molecule has 9 nitrogen and oxygen atoms in total. The van der Waals surface area contributed by atoms with Crippen LogP contribution in [0.2, 0.25) is 0 Å². The van der Waals surface area contributed by atoms with Gasteiger partial charge in [0.05, 0.1) is 27.9 Å². The fraction of sp³-hybridized carbons (Fsp3) is 0.250. The lowest BCUT2D eigenvalue weighted by molar-refractivity contribution is -0.136. The Balaban J connectivity index is 1.74. The molecule has 6 heterocycles. The van der Waals surface area contributed by atoms with Crippen molar-refractivity contribution < 1.29 is 19.8 Å². The third-order valence-electron chi connectivity index (χ3n) is 9.33. The number of aromatic nitrogens is 5. The summed E-state index contributed by atoms with van der Waals surface area (Å²) in [6, 6.07) is 11.5. The predicted molar refractivity (Wildman–Crippen MR) is 178 cm³/mol. The van der Waals surface area contributed by atoms with E-state index >= 15 is 0 Å². The Kier molecular flexibility index (Phi) is 6.58. The van der Waals surface area contributed by atoms with E-state index in [0.717, 1.165) is 73.8 Å². The van der Waals surface area contributed by atoms with Crippen molar-refractivity contribution in [1.29, 1.82) is 0 Å². The van der Waals surface area contributed by atoms with E-state index in [2.05, 4.69) is 54.8 Å². The van der Waals surface area contributed by atoms with Crippen molar-refractivity contribution in [3.63, 3.8) is 0 Å². The summed E-state index contributed by atoms with van der Waals surface area (Å²) in [6.07, 6.45) is 1.96. The zero-order valence-electron chi connectivity index (χ0n) is 25.8. The Hall–Kier alpha value is -5.31. The third kappa shape index (κ3) is 4.41. The van der Waals surface area contributed by atoms with Crippen molar-refractivity contribution in [3.05, 3.63) is 75.7 Å². The molecule has 1 aromatic carbocycles. The van der Waals surface area contributed by atoms with Crippen LogP contribution in [-0.4, -0.2) is 47.1 Å². The van der Waals surface area contributed by atoms with Crippen molar-refractivity contribution in [2.75, 3.05) is 0 Å². The molecule has 6 aromatic rings. The van der Waals surface area contributed by atoms with Gasteiger partial charge in [0.2, 0.25) is 0 Å². The number of aryl methyl sites for hydroxylation is 4. The highest BCUT2D eigenvalue weighted by atomic mass is 16.4. The molecule has 226 valence electrons. The highest BCUT2D eigenvalue weighted by Gasteiger charge is 2.22. The minimum Gasteiger partial charge on any atom is -0.481 e. The van der Waals surface area contributed by atoms with Gasteiger partial charge >= 0.3 is 11.9 Å². The maximum atomic E-state index is 12.1. The first-order valence-electron chi connectivity index (χ1n) is 15.2. The molecule has 0 unspecified atom stereocenters. The van der Waals surface area contributed by atoms with Crippen LogP contribution in [0.1, 0.15) is 77.7 Å². The van der Waals surface area contributed by atoms with E-state index in [1.165, 1.54) is 16.7 Å². The van der Waals surface area contributed by atoms with E-state index in [9.17, 15) is 19.8 Å². The molecule has 0 fully saturated rings. The number of hydrogen-bond donors (Lipinski definition) is 4. The molecule has 0 atom stereocenters. The van der Waals surface area contributed by atoms with Gasteiger partial charge in [0, 0.05) is 44.6 Å². The molecule has 0 saturated heterocycles. The standard InChI is InChI=1S/C36H33N5O4/c1-6-19-16(3)25-14-28-20(7-2)18(5)34(40-28)22-8-10-24-33-23(12-31(37-24)36(44)45)30(41-35(22)33)15-29-21(9-11-32(42)43)17(4)26(39-29)13-27(19)38-25/h8,10,12-15,38-39H,6-7,9,11H2,1-5H3,(H,42,43)(H,44,45). The SMILES string of the molecule is CCC1=C(C)c2nc1cc1[nH]c(cc3[nH]c(cc4nc5c2ccc2nc(C(=O)O)cc4c25)c(CCC(=O)O)c3C)c(CC)c1C. The number of benzene rings is 1. The minimum atomic E-state index is -1.12. The number of carboxylic acid groups (broad SMARTS) is 2. The second kappa shape index (κ2) is 10.4. The maximum Gasteiger partial charge on any atom is 0.354 e. The number of aliphatic carboxylic acids is 1. The molecule has 1 aliphatic heterocycles. The largest absolute Gasteiger partial charge is 0.481 e. The molecule has 8 bridgehead atoms. The zero-order valence-corrected chi connectivity index (χ0v) is 25.8. The van der Waals surface area contributed by atoms with Crippen molar-refractivity contribution >= 4 is 77.9 Å². The number of hydrogen-bond acceptors (Lipinski definition) is 5. The molecule has 4 N–H and O–H groups in total. The van der Waals surface area contributed by atoms with Crippen LogP contribution in [0.15, 0.2) is 36.4 Å². The number of aromatic amines is 2. The fourth-order valence-electron chi connectivity index (χ4n) is 6.97. The maximum absolute atomic E-state index is 12.1. The molecule has 0 spiro atoms. The first-order chi connectivity index (χ1) is 21.6. The molecule has 9 heteroatoms. The van der Waals surface area contributed by atoms with Gasteiger partial charge in [-0.2, -0.15) is 0 Å². The van der Waals surface area contributed by atoms with E-state index in [1.54, 1.807) is 6.07 Å². The van der Waals surface area contributed by atoms with Crippen LogP contribution < -0.4 is 0 Å². The Morgan fingerprint density at radius 2 is 1.47 bits per heavy atom. The van der Waals surface area contributed by atoms with Gasteiger partial charge in [-0.15, -0.1) is 0 Å². The van der Waals surface area contributed by atoms with Gasteiger partial charge in [0.25, 0.3) is 0 Å². The van der Waals surface area contributed by atoms with Gasteiger partial charge in [-0.05, 0) is 110 Å². The number of pyridine rings is 1. The number of fused-ring (bicyclic) bond motifs is 9. The number of nitrogens with zero attached hydrogens (tertiary/aromatic N) is 3. The average Bonchev–Trinajstić information content (AvgIpc) is 3.70. The molecule has 7 rings (SSSR count). The highest BCUT2D eigenvalue weighted by molar-refractivity contribution is 6.22. The average molecular weight is 600 g/mol. The zero-order chi connectivity index (χ0) is 31.7. The molecule has 5 aromatic heterocycles. The number of H-pyrrole nitrogens is 2. The van der Waals surface area contributed by atoms with E-state index in [-0.39, 0.29) is 12.1 Å². The molecule has 0 saturated carbocycles. The van der Waals surface area contributed by atoms with Gasteiger partial charge in [-0.3, -0.25) is 4.79 Å². The molecular weight excluding hydrogens is 566 g/mol. The van der Waals surface area contributed by atoms with Crippen LogP contribution in [0.5, 0.6) is 0 Å².